The number of carbonyl (C=O) groups excluding carboxylic acids is 2. The number of nitrogens with one attached hydrogen (secondary N) is 1. The van der Waals surface area contributed by atoms with Crippen molar-refractivity contribution in [3.05, 3.63) is 60.0 Å². The number of benzene rings is 1. The molecule has 1 saturated heterocycles. The number of amides is 2. The van der Waals surface area contributed by atoms with Gasteiger partial charge in [-0.05, 0) is 12.5 Å². The maximum absolute atomic E-state index is 12.7. The van der Waals surface area contributed by atoms with Crippen molar-refractivity contribution >= 4 is 17.8 Å². The molecule has 5 rings (SSSR count). The molecule has 158 valence electrons. The molecule has 0 bridgehead atoms. The third kappa shape index (κ3) is 3.74. The Labute approximate surface area is 179 Å². The minimum absolute atomic E-state index is 0.0337. The summed E-state index contributed by atoms with van der Waals surface area (Å²) in [5.41, 5.74) is 2.65. The molecule has 1 atom stereocenters. The molecular formula is C22H23N7O2. The fraction of sp³-hybridized carbons (Fsp3) is 0.318. The highest BCUT2D eigenvalue weighted by atomic mass is 16.2. The maximum Gasteiger partial charge on any atom is 0.272 e. The highest BCUT2D eigenvalue weighted by Crippen LogP contribution is 2.21. The number of hydrogen-bond donors (Lipinski definition) is 1. The molecule has 1 fully saturated rings. The Balaban J connectivity index is 1.25. The molecule has 4 heterocycles. The van der Waals surface area contributed by atoms with E-state index in [1.54, 1.807) is 28.9 Å². The molecule has 31 heavy (non-hydrogen) atoms. The molecule has 1 aromatic carbocycles. The predicted molar refractivity (Wildman–Crippen MR) is 115 cm³/mol. The maximum atomic E-state index is 12.7. The second kappa shape index (κ2) is 7.82. The van der Waals surface area contributed by atoms with E-state index in [1.807, 2.05) is 36.4 Å². The van der Waals surface area contributed by atoms with Gasteiger partial charge in [-0.3, -0.25) is 14.3 Å². The molecule has 2 aliphatic heterocycles. The summed E-state index contributed by atoms with van der Waals surface area (Å²) in [6.07, 6.45) is 2.56. The Morgan fingerprint density at radius 3 is 2.81 bits per heavy atom. The molecule has 1 unspecified atom stereocenters. The van der Waals surface area contributed by atoms with Crippen LogP contribution >= 0.6 is 0 Å². The van der Waals surface area contributed by atoms with Crippen molar-refractivity contribution < 1.29 is 9.59 Å². The summed E-state index contributed by atoms with van der Waals surface area (Å²) in [6, 6.07) is 13.4. The van der Waals surface area contributed by atoms with Gasteiger partial charge in [0.1, 0.15) is 5.69 Å². The summed E-state index contributed by atoms with van der Waals surface area (Å²) < 4.78 is 1.61. The summed E-state index contributed by atoms with van der Waals surface area (Å²) in [7, 11) is 1.75. The zero-order valence-electron chi connectivity index (χ0n) is 17.2. The monoisotopic (exact) mass is 417 g/mol. The lowest BCUT2D eigenvalue weighted by Gasteiger charge is -2.22. The van der Waals surface area contributed by atoms with E-state index in [0.717, 1.165) is 24.2 Å². The van der Waals surface area contributed by atoms with Crippen LogP contribution in [-0.4, -0.2) is 69.2 Å². The summed E-state index contributed by atoms with van der Waals surface area (Å²) >= 11 is 0. The van der Waals surface area contributed by atoms with Crippen LogP contribution in [0.4, 0.5) is 5.95 Å². The van der Waals surface area contributed by atoms with Gasteiger partial charge in [0, 0.05) is 50.6 Å². The van der Waals surface area contributed by atoms with Gasteiger partial charge >= 0.3 is 0 Å². The quantitative estimate of drug-likeness (QED) is 0.690. The highest BCUT2D eigenvalue weighted by Gasteiger charge is 2.29. The van der Waals surface area contributed by atoms with Gasteiger partial charge in [-0.25, -0.2) is 9.97 Å². The number of hydrogen-bond acceptors (Lipinski definition) is 6. The average Bonchev–Trinajstić information content (AvgIpc) is 3.45. The van der Waals surface area contributed by atoms with Crippen molar-refractivity contribution in [3.63, 3.8) is 0 Å². The fourth-order valence-corrected chi connectivity index (χ4v) is 4.00. The van der Waals surface area contributed by atoms with E-state index in [4.69, 9.17) is 4.98 Å². The lowest BCUT2D eigenvalue weighted by Crippen LogP contribution is -2.38. The number of aromatic nitrogens is 4. The smallest absolute Gasteiger partial charge is 0.272 e. The number of anilines is 1. The van der Waals surface area contributed by atoms with Crippen molar-refractivity contribution in [2.75, 3.05) is 31.6 Å². The van der Waals surface area contributed by atoms with Crippen LogP contribution in [-0.2, 0) is 6.54 Å². The Morgan fingerprint density at radius 2 is 1.97 bits per heavy atom. The lowest BCUT2D eigenvalue weighted by molar-refractivity contribution is 0.0742. The molecule has 1 N–H and O–H groups in total. The average molecular weight is 417 g/mol. The van der Waals surface area contributed by atoms with E-state index in [-0.39, 0.29) is 23.6 Å². The number of fused-ring (bicyclic) bond motifs is 1. The van der Waals surface area contributed by atoms with Crippen LogP contribution in [0.1, 0.15) is 27.4 Å². The van der Waals surface area contributed by atoms with E-state index < -0.39 is 0 Å². The second-order valence-electron chi connectivity index (χ2n) is 7.88. The third-order valence-electron chi connectivity index (χ3n) is 5.74. The van der Waals surface area contributed by atoms with E-state index in [9.17, 15) is 9.59 Å². The molecule has 9 nitrogen and oxygen atoms in total. The molecule has 9 heteroatoms. The van der Waals surface area contributed by atoms with E-state index >= 15 is 0 Å². The predicted octanol–water partition coefficient (Wildman–Crippen LogP) is 1.43. The SMILES string of the molecule is CN1CCn2nc(C(=O)NC3CCN(c4nccc(-c5ccccc5)n4)C3)cc2C1=O. The Bertz CT molecular complexity index is 1130. The van der Waals surface area contributed by atoms with Gasteiger partial charge in [0.25, 0.3) is 11.8 Å². The minimum atomic E-state index is -0.261. The Kier molecular flexibility index (Phi) is 4.85. The molecular weight excluding hydrogens is 394 g/mol. The van der Waals surface area contributed by atoms with Crippen LogP contribution < -0.4 is 10.2 Å². The highest BCUT2D eigenvalue weighted by molar-refractivity contribution is 5.98. The van der Waals surface area contributed by atoms with Crippen molar-refractivity contribution in [1.82, 2.24) is 30.0 Å². The largest absolute Gasteiger partial charge is 0.346 e. The van der Waals surface area contributed by atoms with Crippen LogP contribution in [0.25, 0.3) is 11.3 Å². The zero-order chi connectivity index (χ0) is 21.4. The molecule has 2 amide bonds. The normalized spacial score (nSPS) is 18.2. The van der Waals surface area contributed by atoms with Gasteiger partial charge in [0.2, 0.25) is 5.95 Å². The van der Waals surface area contributed by atoms with Crippen LogP contribution in [0.2, 0.25) is 0 Å². The Morgan fingerprint density at radius 1 is 1.13 bits per heavy atom. The molecule has 0 saturated carbocycles. The summed E-state index contributed by atoms with van der Waals surface area (Å²) in [5.74, 6) is 0.285. The second-order valence-corrected chi connectivity index (χ2v) is 7.88. The third-order valence-corrected chi connectivity index (χ3v) is 5.74. The summed E-state index contributed by atoms with van der Waals surface area (Å²) in [6.45, 7) is 2.57. The number of carbonyl (C=O) groups is 2. The number of nitrogens with zero attached hydrogens (tertiary/aromatic N) is 6. The van der Waals surface area contributed by atoms with E-state index in [0.29, 0.717) is 31.3 Å². The summed E-state index contributed by atoms with van der Waals surface area (Å²) in [4.78, 5) is 37.8. The fourth-order valence-electron chi connectivity index (χ4n) is 4.00. The first kappa shape index (κ1) is 19.2. The topological polar surface area (TPSA) is 96.2 Å². The van der Waals surface area contributed by atoms with Crippen molar-refractivity contribution in [2.24, 2.45) is 0 Å². The standard InChI is InChI=1S/C22H23N7O2/c1-27-11-12-29-19(21(27)31)13-18(26-29)20(30)24-16-8-10-28(14-16)22-23-9-7-17(25-22)15-5-3-2-4-6-15/h2-7,9,13,16H,8,10-12,14H2,1H3,(H,24,30). The van der Waals surface area contributed by atoms with Crippen molar-refractivity contribution in [3.8, 4) is 11.3 Å². The zero-order valence-corrected chi connectivity index (χ0v) is 17.2. The van der Waals surface area contributed by atoms with Crippen LogP contribution in [0, 0.1) is 0 Å². The van der Waals surface area contributed by atoms with E-state index in [1.165, 1.54) is 0 Å². The van der Waals surface area contributed by atoms with Crippen molar-refractivity contribution in [1.29, 1.82) is 0 Å². The van der Waals surface area contributed by atoms with E-state index in [2.05, 4.69) is 20.3 Å². The van der Waals surface area contributed by atoms with Gasteiger partial charge in [0.05, 0.1) is 12.2 Å². The van der Waals surface area contributed by atoms with Crippen LogP contribution in [0.15, 0.2) is 48.7 Å². The molecule has 2 aliphatic rings. The number of rotatable bonds is 4. The first-order chi connectivity index (χ1) is 15.1. The van der Waals surface area contributed by atoms with Gasteiger partial charge in [-0.1, -0.05) is 30.3 Å². The molecule has 2 aromatic heterocycles. The first-order valence-corrected chi connectivity index (χ1v) is 10.4. The molecule has 0 aliphatic carbocycles. The van der Waals surface area contributed by atoms with Gasteiger partial charge < -0.3 is 15.1 Å². The lowest BCUT2D eigenvalue weighted by atomic mass is 10.1. The Hall–Kier alpha value is -3.75. The minimum Gasteiger partial charge on any atom is -0.346 e. The molecule has 0 spiro atoms. The van der Waals surface area contributed by atoms with Gasteiger partial charge in [-0.2, -0.15) is 5.10 Å². The van der Waals surface area contributed by atoms with Gasteiger partial charge in [0.15, 0.2) is 5.69 Å². The van der Waals surface area contributed by atoms with Crippen LogP contribution in [0.3, 0.4) is 0 Å². The van der Waals surface area contributed by atoms with Crippen molar-refractivity contribution in [2.45, 2.75) is 19.0 Å². The first-order valence-electron chi connectivity index (χ1n) is 10.4. The van der Waals surface area contributed by atoms with Gasteiger partial charge in [-0.15, -0.1) is 0 Å². The summed E-state index contributed by atoms with van der Waals surface area (Å²) in [5, 5.41) is 7.36. The molecule has 0 radical (unpaired) electrons. The molecule has 3 aromatic rings. The van der Waals surface area contributed by atoms with Crippen LogP contribution in [0.5, 0.6) is 0 Å². The number of likely N-dealkylation sites (N-methyl/N-ethyl adjacent to an activating group) is 1.